The number of benzene rings is 1. The molecule has 1 heterocycles. The smallest absolute Gasteiger partial charge is 0.172 e. The molecule has 0 saturated heterocycles. The van der Waals surface area contributed by atoms with Crippen molar-refractivity contribution in [3.63, 3.8) is 0 Å². The third-order valence-electron chi connectivity index (χ3n) is 2.72. The average Bonchev–Trinajstić information content (AvgIpc) is 2.88. The van der Waals surface area contributed by atoms with E-state index in [0.717, 1.165) is 20.9 Å². The molecule has 0 spiro atoms. The van der Waals surface area contributed by atoms with Crippen molar-refractivity contribution in [1.82, 2.24) is 0 Å². The number of carbonyl (C=O) groups excluding carboxylic acids is 1. The summed E-state index contributed by atoms with van der Waals surface area (Å²) in [5, 5.41) is 0. The fourth-order valence-electron chi connectivity index (χ4n) is 1.80. The highest BCUT2D eigenvalue weighted by Gasteiger charge is 2.08. The quantitative estimate of drug-likeness (QED) is 0.755. The Bertz CT molecular complexity index is 543. The Labute approximate surface area is 111 Å². The number of thiophene rings is 1. The maximum atomic E-state index is 11.6. The fourth-order valence-corrected chi connectivity index (χ4v) is 2.81. The summed E-state index contributed by atoms with van der Waals surface area (Å²) in [5.41, 5.74) is 2.29. The van der Waals surface area contributed by atoms with Crippen LogP contribution in [-0.2, 0) is 11.3 Å². The molecular formula is C15H16O2S. The lowest BCUT2D eigenvalue weighted by atomic mass is 10.1. The van der Waals surface area contributed by atoms with Crippen molar-refractivity contribution in [2.24, 2.45) is 0 Å². The largest absolute Gasteiger partial charge is 0.380 e. The minimum Gasteiger partial charge on any atom is -0.380 e. The molecule has 0 radical (unpaired) electrons. The predicted octanol–water partition coefficient (Wildman–Crippen LogP) is 4.15. The summed E-state index contributed by atoms with van der Waals surface area (Å²) >= 11 is 1.56. The number of hydrogen-bond acceptors (Lipinski definition) is 3. The second-order valence-electron chi connectivity index (χ2n) is 4.07. The van der Waals surface area contributed by atoms with E-state index in [-0.39, 0.29) is 5.78 Å². The maximum Gasteiger partial charge on any atom is 0.172 e. The molecule has 0 aliphatic rings. The average molecular weight is 260 g/mol. The molecule has 18 heavy (non-hydrogen) atoms. The van der Waals surface area contributed by atoms with Crippen LogP contribution in [0.1, 0.15) is 28.6 Å². The van der Waals surface area contributed by atoms with Gasteiger partial charge in [-0.05, 0) is 29.3 Å². The third kappa shape index (κ3) is 2.86. The number of ketones is 1. The van der Waals surface area contributed by atoms with Gasteiger partial charge in [0.15, 0.2) is 5.78 Å². The van der Waals surface area contributed by atoms with Crippen molar-refractivity contribution in [1.29, 1.82) is 0 Å². The molecule has 0 aliphatic carbocycles. The second-order valence-corrected chi connectivity index (χ2v) is 5.16. The van der Waals surface area contributed by atoms with Gasteiger partial charge in [-0.25, -0.2) is 0 Å². The van der Waals surface area contributed by atoms with Crippen molar-refractivity contribution in [3.8, 4) is 10.4 Å². The normalized spacial score (nSPS) is 10.6. The van der Waals surface area contributed by atoms with E-state index in [4.69, 9.17) is 4.74 Å². The Hall–Kier alpha value is -1.45. The van der Waals surface area contributed by atoms with Crippen LogP contribution < -0.4 is 0 Å². The third-order valence-corrected chi connectivity index (χ3v) is 3.90. The number of carbonyl (C=O) groups is 1. The maximum absolute atomic E-state index is 11.6. The first kappa shape index (κ1) is 13.0. The monoisotopic (exact) mass is 260 g/mol. The Morgan fingerprint density at radius 2 is 2.11 bits per heavy atom. The highest BCUT2D eigenvalue weighted by atomic mass is 32.1. The number of ether oxygens (including phenoxy) is 1. The van der Waals surface area contributed by atoms with E-state index in [9.17, 15) is 4.79 Å². The zero-order chi connectivity index (χ0) is 13.0. The Kier molecular flexibility index (Phi) is 4.28. The summed E-state index contributed by atoms with van der Waals surface area (Å²) in [6, 6.07) is 12.2. The van der Waals surface area contributed by atoms with E-state index in [1.165, 1.54) is 0 Å². The van der Waals surface area contributed by atoms with Gasteiger partial charge in [-0.1, -0.05) is 25.1 Å². The summed E-state index contributed by atoms with van der Waals surface area (Å²) in [5.74, 6) is 0.208. The zero-order valence-electron chi connectivity index (χ0n) is 10.6. The zero-order valence-corrected chi connectivity index (χ0v) is 11.4. The van der Waals surface area contributed by atoms with Crippen molar-refractivity contribution in [2.75, 3.05) is 7.11 Å². The molecule has 0 fully saturated rings. The van der Waals surface area contributed by atoms with E-state index in [1.54, 1.807) is 18.4 Å². The van der Waals surface area contributed by atoms with Crippen molar-refractivity contribution in [2.45, 2.75) is 20.0 Å². The van der Waals surface area contributed by atoms with Crippen molar-refractivity contribution < 1.29 is 9.53 Å². The lowest BCUT2D eigenvalue weighted by Crippen LogP contribution is -1.90. The van der Waals surface area contributed by atoms with Gasteiger partial charge in [0.2, 0.25) is 0 Å². The molecule has 1 aromatic carbocycles. The number of Topliss-reactive ketones (excluding diaryl/α,β-unsaturated/α-hetero) is 1. The summed E-state index contributed by atoms with van der Waals surface area (Å²) < 4.78 is 5.13. The molecule has 3 heteroatoms. The predicted molar refractivity (Wildman–Crippen MR) is 75.1 cm³/mol. The lowest BCUT2D eigenvalue weighted by molar-refractivity contribution is 0.0992. The van der Waals surface area contributed by atoms with Crippen LogP contribution in [0.2, 0.25) is 0 Å². The molecule has 2 rings (SSSR count). The van der Waals surface area contributed by atoms with Gasteiger partial charge in [0.05, 0.1) is 11.5 Å². The minimum atomic E-state index is 0.208. The minimum absolute atomic E-state index is 0.208. The molecule has 0 unspecified atom stereocenters. The number of rotatable bonds is 5. The number of hydrogen-bond donors (Lipinski definition) is 0. The molecular weight excluding hydrogens is 244 g/mol. The molecule has 0 bridgehead atoms. The van der Waals surface area contributed by atoms with Gasteiger partial charge in [0, 0.05) is 18.4 Å². The van der Waals surface area contributed by atoms with E-state index in [1.807, 2.05) is 31.2 Å². The molecule has 94 valence electrons. The van der Waals surface area contributed by atoms with Crippen LogP contribution in [0.25, 0.3) is 10.4 Å². The topological polar surface area (TPSA) is 26.3 Å². The van der Waals surface area contributed by atoms with Crippen LogP contribution >= 0.6 is 11.3 Å². The van der Waals surface area contributed by atoms with Gasteiger partial charge in [0.25, 0.3) is 0 Å². The van der Waals surface area contributed by atoms with Gasteiger partial charge in [-0.2, -0.15) is 0 Å². The molecule has 2 aromatic rings. The van der Waals surface area contributed by atoms with Gasteiger partial charge in [-0.15, -0.1) is 11.3 Å². The van der Waals surface area contributed by atoms with E-state index in [2.05, 4.69) is 12.1 Å². The van der Waals surface area contributed by atoms with E-state index >= 15 is 0 Å². The Morgan fingerprint density at radius 1 is 1.28 bits per heavy atom. The Balaban J connectivity index is 2.28. The standard InChI is InChI=1S/C15H16O2S/c1-3-13(16)15-8-7-14(18-15)12-6-4-5-11(9-12)10-17-2/h4-9H,3,10H2,1-2H3. The number of methoxy groups -OCH3 is 1. The van der Waals surface area contributed by atoms with Crippen LogP contribution in [0.5, 0.6) is 0 Å². The van der Waals surface area contributed by atoms with Gasteiger partial charge < -0.3 is 4.74 Å². The van der Waals surface area contributed by atoms with Crippen molar-refractivity contribution >= 4 is 17.1 Å². The molecule has 0 N–H and O–H groups in total. The summed E-state index contributed by atoms with van der Waals surface area (Å²) in [7, 11) is 1.69. The summed E-state index contributed by atoms with van der Waals surface area (Å²) in [6.07, 6.45) is 0.559. The molecule has 0 amide bonds. The van der Waals surface area contributed by atoms with Crippen molar-refractivity contribution in [3.05, 3.63) is 46.8 Å². The first-order valence-electron chi connectivity index (χ1n) is 5.96. The molecule has 0 aliphatic heterocycles. The molecule has 2 nitrogen and oxygen atoms in total. The molecule has 0 atom stereocenters. The fraction of sp³-hybridized carbons (Fsp3) is 0.267. The Morgan fingerprint density at radius 3 is 2.83 bits per heavy atom. The SMILES string of the molecule is CCC(=O)c1ccc(-c2cccc(COC)c2)s1. The summed E-state index contributed by atoms with van der Waals surface area (Å²) in [4.78, 5) is 13.6. The lowest BCUT2D eigenvalue weighted by Gasteiger charge is -2.02. The van der Waals surface area contributed by atoms with Crippen LogP contribution in [0.4, 0.5) is 0 Å². The van der Waals surface area contributed by atoms with Crippen LogP contribution in [0.15, 0.2) is 36.4 Å². The summed E-state index contributed by atoms with van der Waals surface area (Å²) in [6.45, 7) is 2.50. The van der Waals surface area contributed by atoms with Crippen LogP contribution in [0, 0.1) is 0 Å². The highest BCUT2D eigenvalue weighted by Crippen LogP contribution is 2.29. The first-order chi connectivity index (χ1) is 8.74. The van der Waals surface area contributed by atoms with Crippen LogP contribution in [-0.4, -0.2) is 12.9 Å². The van der Waals surface area contributed by atoms with E-state index < -0.39 is 0 Å². The highest BCUT2D eigenvalue weighted by molar-refractivity contribution is 7.17. The van der Waals surface area contributed by atoms with Crippen LogP contribution in [0.3, 0.4) is 0 Å². The van der Waals surface area contributed by atoms with E-state index in [0.29, 0.717) is 13.0 Å². The van der Waals surface area contributed by atoms with Gasteiger partial charge in [-0.3, -0.25) is 4.79 Å². The van der Waals surface area contributed by atoms with Gasteiger partial charge >= 0.3 is 0 Å². The second kappa shape index (κ2) is 5.94. The first-order valence-corrected chi connectivity index (χ1v) is 6.77. The molecule has 1 aromatic heterocycles. The van der Waals surface area contributed by atoms with Gasteiger partial charge in [0.1, 0.15) is 0 Å². The molecule has 0 saturated carbocycles.